The molecule has 2 heterocycles. The van der Waals surface area contributed by atoms with Crippen molar-refractivity contribution in [3.8, 4) is 5.75 Å². The Morgan fingerprint density at radius 2 is 1.83 bits per heavy atom. The molecule has 3 rings (SSSR count). The maximum absolute atomic E-state index is 12.9. The number of nitrogens with zero attached hydrogens (tertiary/aromatic N) is 3. The van der Waals surface area contributed by atoms with Gasteiger partial charge in [-0.15, -0.1) is 0 Å². The molecule has 0 atom stereocenters. The van der Waals surface area contributed by atoms with Crippen molar-refractivity contribution in [1.82, 2.24) is 9.97 Å². The van der Waals surface area contributed by atoms with Gasteiger partial charge in [0.15, 0.2) is 0 Å². The van der Waals surface area contributed by atoms with Gasteiger partial charge in [0, 0.05) is 13.1 Å². The summed E-state index contributed by atoms with van der Waals surface area (Å²) in [7, 11) is -2.63. The normalized spacial score (nSPS) is 14.5. The average molecular weight is 421 g/mol. The van der Waals surface area contributed by atoms with Gasteiger partial charge in [-0.2, -0.15) is 0 Å². The number of nitrogens with one attached hydrogen (secondary N) is 1. The van der Waals surface area contributed by atoms with E-state index in [2.05, 4.69) is 14.7 Å². The number of primary amides is 1. The predicted molar refractivity (Wildman–Crippen MR) is 107 cm³/mol. The monoisotopic (exact) mass is 421 g/mol. The van der Waals surface area contributed by atoms with Crippen LogP contribution < -0.4 is 20.1 Å². The zero-order valence-corrected chi connectivity index (χ0v) is 17.2. The van der Waals surface area contributed by atoms with Crippen molar-refractivity contribution in [2.24, 2.45) is 5.73 Å². The summed E-state index contributed by atoms with van der Waals surface area (Å²) in [5.41, 5.74) is 6.57. The molecule has 2 aromatic rings. The number of amides is 1. The number of ether oxygens (including phenoxy) is 2. The molecule has 0 spiro atoms. The number of anilines is 2. The van der Waals surface area contributed by atoms with Crippen LogP contribution in [-0.2, 0) is 14.8 Å². The zero-order chi connectivity index (χ0) is 21.2. The van der Waals surface area contributed by atoms with E-state index in [1.807, 2.05) is 4.90 Å². The van der Waals surface area contributed by atoms with Gasteiger partial charge in [0.2, 0.25) is 5.95 Å². The van der Waals surface area contributed by atoms with Crippen molar-refractivity contribution in [2.45, 2.75) is 18.7 Å². The van der Waals surface area contributed by atoms with Crippen LogP contribution in [0.3, 0.4) is 0 Å². The molecule has 0 radical (unpaired) electrons. The maximum Gasteiger partial charge on any atom is 0.262 e. The fraction of sp³-hybridized carbons (Fsp3) is 0.389. The molecule has 1 aliphatic rings. The maximum atomic E-state index is 12.9. The second-order valence-electron chi connectivity index (χ2n) is 6.50. The lowest BCUT2D eigenvalue weighted by Gasteiger charge is -2.27. The number of morpholine rings is 1. The Morgan fingerprint density at radius 1 is 1.21 bits per heavy atom. The van der Waals surface area contributed by atoms with Gasteiger partial charge in [-0.1, -0.05) is 0 Å². The molecule has 0 bridgehead atoms. The van der Waals surface area contributed by atoms with E-state index < -0.39 is 15.9 Å². The largest absolute Gasteiger partial charge is 0.496 e. The average Bonchev–Trinajstić information content (AvgIpc) is 2.70. The van der Waals surface area contributed by atoms with E-state index in [1.54, 1.807) is 13.8 Å². The standard InChI is InChI=1S/C18H23N5O5S/c1-11-16(12(2)21-18(20-11)23-6-8-28-9-7-23)22-29(25,26)13-4-5-15(27-3)14(10-13)17(19)24/h4-5,10,22H,6-9H2,1-3H3,(H2,19,24). The molecule has 156 valence electrons. The van der Waals surface area contributed by atoms with Crippen LogP contribution >= 0.6 is 0 Å². The Hall–Kier alpha value is -2.92. The van der Waals surface area contributed by atoms with Crippen molar-refractivity contribution in [1.29, 1.82) is 0 Å². The van der Waals surface area contributed by atoms with Crippen molar-refractivity contribution in [3.05, 3.63) is 35.2 Å². The fourth-order valence-corrected chi connectivity index (χ4v) is 4.19. The minimum atomic E-state index is -4.00. The van der Waals surface area contributed by atoms with Gasteiger partial charge in [0.1, 0.15) is 5.75 Å². The van der Waals surface area contributed by atoms with Crippen LogP contribution in [0.1, 0.15) is 21.7 Å². The Morgan fingerprint density at radius 3 is 2.38 bits per heavy atom. The van der Waals surface area contributed by atoms with E-state index in [0.717, 1.165) is 0 Å². The minimum absolute atomic E-state index is 0.0252. The molecule has 1 fully saturated rings. The number of sulfonamides is 1. The van der Waals surface area contributed by atoms with Gasteiger partial charge in [-0.25, -0.2) is 18.4 Å². The number of hydrogen-bond acceptors (Lipinski definition) is 8. The predicted octanol–water partition coefficient (Wildman–Crippen LogP) is 0.838. The molecule has 1 saturated heterocycles. The number of carbonyl (C=O) groups excluding carboxylic acids is 1. The zero-order valence-electron chi connectivity index (χ0n) is 16.4. The first-order valence-electron chi connectivity index (χ1n) is 8.91. The molecular weight excluding hydrogens is 398 g/mol. The lowest BCUT2D eigenvalue weighted by Crippen LogP contribution is -2.37. The van der Waals surface area contributed by atoms with E-state index in [9.17, 15) is 13.2 Å². The highest BCUT2D eigenvalue weighted by molar-refractivity contribution is 7.92. The first-order chi connectivity index (χ1) is 13.7. The topological polar surface area (TPSA) is 137 Å². The third-order valence-corrected chi connectivity index (χ3v) is 5.88. The summed E-state index contributed by atoms with van der Waals surface area (Å²) in [4.78, 5) is 22.4. The Kier molecular flexibility index (Phi) is 5.89. The number of rotatable bonds is 6. The minimum Gasteiger partial charge on any atom is -0.496 e. The SMILES string of the molecule is COc1ccc(S(=O)(=O)Nc2c(C)nc(N3CCOCC3)nc2C)cc1C(N)=O. The Bertz CT molecular complexity index is 1010. The second kappa shape index (κ2) is 8.21. The highest BCUT2D eigenvalue weighted by Gasteiger charge is 2.23. The van der Waals surface area contributed by atoms with Crippen molar-refractivity contribution in [2.75, 3.05) is 43.0 Å². The quantitative estimate of drug-likeness (QED) is 0.700. The molecular formula is C18H23N5O5S. The molecule has 10 nitrogen and oxygen atoms in total. The first kappa shape index (κ1) is 20.8. The van der Waals surface area contributed by atoms with Crippen LogP contribution in [0.25, 0.3) is 0 Å². The van der Waals surface area contributed by atoms with Crippen LogP contribution in [0, 0.1) is 13.8 Å². The molecule has 1 aromatic heterocycles. The number of aryl methyl sites for hydroxylation is 2. The molecule has 1 aromatic carbocycles. The highest BCUT2D eigenvalue weighted by atomic mass is 32.2. The van der Waals surface area contributed by atoms with Crippen LogP contribution in [-0.4, -0.2) is 57.7 Å². The Balaban J connectivity index is 1.92. The molecule has 0 unspecified atom stereocenters. The molecule has 0 aliphatic carbocycles. The van der Waals surface area contributed by atoms with E-state index in [-0.39, 0.29) is 16.2 Å². The molecule has 3 N–H and O–H groups in total. The van der Waals surface area contributed by atoms with Gasteiger partial charge in [0.25, 0.3) is 15.9 Å². The number of methoxy groups -OCH3 is 1. The molecule has 1 amide bonds. The summed E-state index contributed by atoms with van der Waals surface area (Å²) in [5.74, 6) is -0.0572. The Labute approximate surface area is 169 Å². The summed E-state index contributed by atoms with van der Waals surface area (Å²) in [6.45, 7) is 5.95. The molecule has 1 aliphatic heterocycles. The summed E-state index contributed by atoms with van der Waals surface area (Å²) < 4.78 is 38.7. The van der Waals surface area contributed by atoms with Gasteiger partial charge in [0.05, 0.1) is 47.9 Å². The summed E-state index contributed by atoms with van der Waals surface area (Å²) >= 11 is 0. The molecule has 0 saturated carbocycles. The van der Waals surface area contributed by atoms with E-state index in [0.29, 0.717) is 49.3 Å². The van der Waals surface area contributed by atoms with Crippen LogP contribution in [0.5, 0.6) is 5.75 Å². The molecule has 29 heavy (non-hydrogen) atoms. The lowest BCUT2D eigenvalue weighted by molar-refractivity contribution is 0.0997. The van der Waals surface area contributed by atoms with E-state index in [4.69, 9.17) is 15.2 Å². The van der Waals surface area contributed by atoms with Crippen LogP contribution in [0.2, 0.25) is 0 Å². The third kappa shape index (κ3) is 4.40. The van der Waals surface area contributed by atoms with Crippen LogP contribution in [0.15, 0.2) is 23.1 Å². The summed E-state index contributed by atoms with van der Waals surface area (Å²) in [6.07, 6.45) is 0. The summed E-state index contributed by atoms with van der Waals surface area (Å²) in [5, 5.41) is 0. The number of aromatic nitrogens is 2. The summed E-state index contributed by atoms with van der Waals surface area (Å²) in [6, 6.07) is 3.89. The van der Waals surface area contributed by atoms with Crippen molar-refractivity contribution < 1.29 is 22.7 Å². The van der Waals surface area contributed by atoms with Gasteiger partial charge < -0.3 is 20.1 Å². The van der Waals surface area contributed by atoms with Gasteiger partial charge in [-0.05, 0) is 32.0 Å². The van der Waals surface area contributed by atoms with E-state index in [1.165, 1.54) is 25.3 Å². The highest BCUT2D eigenvalue weighted by Crippen LogP contribution is 2.27. The van der Waals surface area contributed by atoms with Crippen molar-refractivity contribution >= 4 is 27.6 Å². The lowest BCUT2D eigenvalue weighted by atomic mass is 10.2. The smallest absolute Gasteiger partial charge is 0.262 e. The van der Waals surface area contributed by atoms with Crippen LogP contribution in [0.4, 0.5) is 11.6 Å². The van der Waals surface area contributed by atoms with Gasteiger partial charge >= 0.3 is 0 Å². The number of carbonyl (C=O) groups is 1. The number of hydrogen-bond donors (Lipinski definition) is 2. The molecule has 11 heteroatoms. The number of benzene rings is 1. The third-order valence-electron chi connectivity index (χ3n) is 4.54. The first-order valence-corrected chi connectivity index (χ1v) is 10.4. The van der Waals surface area contributed by atoms with Crippen molar-refractivity contribution in [3.63, 3.8) is 0 Å². The number of nitrogens with two attached hydrogens (primary N) is 1. The second-order valence-corrected chi connectivity index (χ2v) is 8.18. The van der Waals surface area contributed by atoms with E-state index >= 15 is 0 Å². The van der Waals surface area contributed by atoms with Gasteiger partial charge in [-0.3, -0.25) is 9.52 Å². The fourth-order valence-electron chi connectivity index (χ4n) is 2.99.